The largest absolute Gasteiger partial charge is 0.396 e. The van der Waals surface area contributed by atoms with Crippen molar-refractivity contribution in [2.45, 2.75) is 12.8 Å². The number of unbranched alkanes of at least 4 members (excludes halogenated alkanes) is 1. The van der Waals surface area contributed by atoms with Gasteiger partial charge in [0.2, 0.25) is 0 Å². The summed E-state index contributed by atoms with van der Waals surface area (Å²) in [5, 5.41) is 18.8. The van der Waals surface area contributed by atoms with Crippen LogP contribution >= 0.6 is 0 Å². The highest BCUT2D eigenvalue weighted by Gasteiger charge is 1.85. The van der Waals surface area contributed by atoms with Gasteiger partial charge in [-0.15, -0.1) is 0 Å². The Morgan fingerprint density at radius 1 is 0.625 bits per heavy atom. The number of hydrogen-bond donors (Lipinski definition) is 2. The average Bonchev–Trinajstić information content (AvgIpc) is 2.37. The Morgan fingerprint density at radius 2 is 0.938 bits per heavy atom. The van der Waals surface area contributed by atoms with E-state index in [0.717, 1.165) is 12.8 Å². The van der Waals surface area contributed by atoms with Gasteiger partial charge in [0.15, 0.2) is 0 Å². The van der Waals surface area contributed by atoms with Crippen molar-refractivity contribution >= 4 is 10.8 Å². The van der Waals surface area contributed by atoms with Gasteiger partial charge in [-0.1, -0.05) is 48.5 Å². The lowest BCUT2D eigenvalue weighted by Crippen LogP contribution is -1.85. The Labute approximate surface area is 96.2 Å². The van der Waals surface area contributed by atoms with Gasteiger partial charge in [0.25, 0.3) is 0 Å². The summed E-state index contributed by atoms with van der Waals surface area (Å²) in [6, 6.07) is 16.7. The van der Waals surface area contributed by atoms with Crippen LogP contribution in [0.15, 0.2) is 48.5 Å². The molecule has 0 saturated heterocycles. The number of fused-ring (bicyclic) bond motifs is 1. The number of benzene rings is 2. The number of rotatable bonds is 3. The Hall–Kier alpha value is -1.38. The zero-order chi connectivity index (χ0) is 11.6. The molecule has 0 bridgehead atoms. The van der Waals surface area contributed by atoms with E-state index in [-0.39, 0.29) is 13.2 Å². The van der Waals surface area contributed by atoms with E-state index in [4.69, 9.17) is 10.2 Å². The SMILES string of the molecule is OCCCCO.c1ccc2ccccc2c1. The fourth-order valence-corrected chi connectivity index (χ4v) is 1.36. The maximum atomic E-state index is 8.09. The molecule has 2 heteroatoms. The summed E-state index contributed by atoms with van der Waals surface area (Å²) in [7, 11) is 0. The molecule has 2 aromatic rings. The third-order valence-electron chi connectivity index (χ3n) is 2.22. The molecule has 16 heavy (non-hydrogen) atoms. The van der Waals surface area contributed by atoms with E-state index in [1.54, 1.807) is 0 Å². The molecule has 2 nitrogen and oxygen atoms in total. The van der Waals surface area contributed by atoms with Crippen molar-refractivity contribution in [1.82, 2.24) is 0 Å². The van der Waals surface area contributed by atoms with Gasteiger partial charge in [0, 0.05) is 13.2 Å². The van der Waals surface area contributed by atoms with E-state index in [1.807, 2.05) is 0 Å². The molecule has 0 radical (unpaired) electrons. The fourth-order valence-electron chi connectivity index (χ4n) is 1.36. The van der Waals surface area contributed by atoms with Crippen LogP contribution in [0.4, 0.5) is 0 Å². The molecule has 0 amide bonds. The molecule has 2 rings (SSSR count). The number of hydrogen-bond acceptors (Lipinski definition) is 2. The van der Waals surface area contributed by atoms with Crippen LogP contribution < -0.4 is 0 Å². The van der Waals surface area contributed by atoms with Crippen molar-refractivity contribution in [2.24, 2.45) is 0 Å². The monoisotopic (exact) mass is 218 g/mol. The third-order valence-corrected chi connectivity index (χ3v) is 2.22. The van der Waals surface area contributed by atoms with Gasteiger partial charge < -0.3 is 10.2 Å². The number of aliphatic hydroxyl groups excluding tert-OH is 2. The van der Waals surface area contributed by atoms with Gasteiger partial charge in [-0.25, -0.2) is 0 Å². The molecule has 2 N–H and O–H groups in total. The first-order valence-corrected chi connectivity index (χ1v) is 5.54. The van der Waals surface area contributed by atoms with Gasteiger partial charge in [0.05, 0.1) is 0 Å². The summed E-state index contributed by atoms with van der Waals surface area (Å²) in [4.78, 5) is 0. The normalized spacial score (nSPS) is 9.62. The van der Waals surface area contributed by atoms with Crippen LogP contribution in [0.5, 0.6) is 0 Å². The fraction of sp³-hybridized carbons (Fsp3) is 0.286. The molecule has 0 aromatic heterocycles. The van der Waals surface area contributed by atoms with Crippen molar-refractivity contribution in [3.63, 3.8) is 0 Å². The van der Waals surface area contributed by atoms with Crippen molar-refractivity contribution in [3.05, 3.63) is 48.5 Å². The minimum atomic E-state index is 0.195. The summed E-state index contributed by atoms with van der Waals surface area (Å²) >= 11 is 0. The summed E-state index contributed by atoms with van der Waals surface area (Å²) < 4.78 is 0. The minimum absolute atomic E-state index is 0.195. The lowest BCUT2D eigenvalue weighted by molar-refractivity contribution is 0.242. The molecule has 0 aliphatic carbocycles. The van der Waals surface area contributed by atoms with Crippen LogP contribution in [0.1, 0.15) is 12.8 Å². The van der Waals surface area contributed by atoms with Gasteiger partial charge in [-0.3, -0.25) is 0 Å². The highest BCUT2D eigenvalue weighted by Crippen LogP contribution is 2.11. The maximum absolute atomic E-state index is 8.09. The molecule has 0 aliphatic rings. The van der Waals surface area contributed by atoms with E-state index < -0.39 is 0 Å². The smallest absolute Gasteiger partial charge is 0.0431 e. The second-order valence-corrected chi connectivity index (χ2v) is 3.50. The Bertz CT molecular complexity index is 329. The molecular formula is C14H18O2. The second-order valence-electron chi connectivity index (χ2n) is 3.50. The molecule has 0 spiro atoms. The van der Waals surface area contributed by atoms with Crippen molar-refractivity contribution in [2.75, 3.05) is 13.2 Å². The molecule has 0 unspecified atom stereocenters. The summed E-state index contributed by atoms with van der Waals surface area (Å²) in [6.45, 7) is 0.390. The van der Waals surface area contributed by atoms with Gasteiger partial charge >= 0.3 is 0 Å². The predicted octanol–water partition coefficient (Wildman–Crippen LogP) is 2.59. The molecule has 0 atom stereocenters. The highest BCUT2D eigenvalue weighted by atomic mass is 16.3. The zero-order valence-corrected chi connectivity index (χ0v) is 9.34. The molecule has 0 aliphatic heterocycles. The van der Waals surface area contributed by atoms with Gasteiger partial charge in [-0.2, -0.15) is 0 Å². The quantitative estimate of drug-likeness (QED) is 0.777. The summed E-state index contributed by atoms with van der Waals surface area (Å²) in [5.74, 6) is 0. The molecule has 86 valence electrons. The van der Waals surface area contributed by atoms with Gasteiger partial charge in [0.1, 0.15) is 0 Å². The topological polar surface area (TPSA) is 40.5 Å². The summed E-state index contributed by atoms with van der Waals surface area (Å²) in [6.07, 6.45) is 1.44. The lowest BCUT2D eigenvalue weighted by Gasteiger charge is -1.92. The minimum Gasteiger partial charge on any atom is -0.396 e. The lowest BCUT2D eigenvalue weighted by atomic mass is 10.1. The van der Waals surface area contributed by atoms with Crippen molar-refractivity contribution < 1.29 is 10.2 Å². The van der Waals surface area contributed by atoms with Crippen LogP contribution in [0.2, 0.25) is 0 Å². The van der Waals surface area contributed by atoms with Gasteiger partial charge in [-0.05, 0) is 23.6 Å². The van der Waals surface area contributed by atoms with Crippen molar-refractivity contribution in [3.8, 4) is 0 Å². The van der Waals surface area contributed by atoms with E-state index in [0.29, 0.717) is 0 Å². The summed E-state index contributed by atoms with van der Waals surface area (Å²) in [5.41, 5.74) is 0. The Morgan fingerprint density at radius 3 is 1.19 bits per heavy atom. The van der Waals surface area contributed by atoms with Crippen LogP contribution in [0, 0.1) is 0 Å². The standard InChI is InChI=1S/C10H8.C4H10O2/c1-2-6-10-8-4-3-7-9(10)5-1;5-3-1-2-4-6/h1-8H;5-6H,1-4H2. The third kappa shape index (κ3) is 4.43. The number of aliphatic hydroxyl groups is 2. The Kier molecular flexibility index (Phi) is 6.23. The first kappa shape index (κ1) is 12.7. The first-order valence-electron chi connectivity index (χ1n) is 5.54. The molecule has 0 saturated carbocycles. The molecule has 0 fully saturated rings. The van der Waals surface area contributed by atoms with E-state index in [1.165, 1.54) is 10.8 Å². The maximum Gasteiger partial charge on any atom is 0.0431 e. The van der Waals surface area contributed by atoms with Crippen LogP contribution in [0.3, 0.4) is 0 Å². The molecular weight excluding hydrogens is 200 g/mol. The van der Waals surface area contributed by atoms with Crippen LogP contribution in [-0.4, -0.2) is 23.4 Å². The van der Waals surface area contributed by atoms with E-state index >= 15 is 0 Å². The molecule has 2 aromatic carbocycles. The first-order chi connectivity index (χ1) is 7.88. The predicted molar refractivity (Wildman–Crippen MR) is 67.4 cm³/mol. The van der Waals surface area contributed by atoms with Crippen LogP contribution in [0.25, 0.3) is 10.8 Å². The average molecular weight is 218 g/mol. The Balaban J connectivity index is 0.000000187. The molecule has 0 heterocycles. The van der Waals surface area contributed by atoms with Crippen molar-refractivity contribution in [1.29, 1.82) is 0 Å². The van der Waals surface area contributed by atoms with Crippen LogP contribution in [-0.2, 0) is 0 Å². The highest BCUT2D eigenvalue weighted by molar-refractivity contribution is 5.81. The zero-order valence-electron chi connectivity index (χ0n) is 9.34. The van der Waals surface area contributed by atoms with E-state index in [2.05, 4.69) is 48.5 Å². The second kappa shape index (κ2) is 7.85. The van der Waals surface area contributed by atoms with E-state index in [9.17, 15) is 0 Å².